The second-order valence-corrected chi connectivity index (χ2v) is 6.47. The summed E-state index contributed by atoms with van der Waals surface area (Å²) in [6.07, 6.45) is 1.41. The van der Waals surface area contributed by atoms with Gasteiger partial charge < -0.3 is 21.1 Å². The summed E-state index contributed by atoms with van der Waals surface area (Å²) < 4.78 is 20.2. The molecule has 4 rings (SSSR count). The van der Waals surface area contributed by atoms with Crippen LogP contribution in [0.3, 0.4) is 0 Å². The molecule has 2 aromatic carbocycles. The molecule has 1 aliphatic rings. The molecule has 4 N–H and O–H groups in total. The molecule has 8 heteroatoms. The Bertz CT molecular complexity index is 963. The zero-order chi connectivity index (χ0) is 19.5. The Labute approximate surface area is 161 Å². The summed E-state index contributed by atoms with van der Waals surface area (Å²) in [5, 5.41) is 10.2. The third-order valence-electron chi connectivity index (χ3n) is 4.59. The lowest BCUT2D eigenvalue weighted by Gasteiger charge is -2.24. The highest BCUT2D eigenvalue weighted by atomic mass is 19.1. The van der Waals surface area contributed by atoms with Gasteiger partial charge >= 0.3 is 0 Å². The minimum absolute atomic E-state index is 0.0167. The molecule has 7 nitrogen and oxygen atoms in total. The number of morpholine rings is 1. The molecule has 1 unspecified atom stereocenters. The van der Waals surface area contributed by atoms with E-state index in [0.29, 0.717) is 18.0 Å². The van der Waals surface area contributed by atoms with Crippen molar-refractivity contribution < 1.29 is 13.9 Å². The Balaban J connectivity index is 1.47. The Kier molecular flexibility index (Phi) is 5.05. The summed E-state index contributed by atoms with van der Waals surface area (Å²) in [5.41, 5.74) is 8.58. The summed E-state index contributed by atoms with van der Waals surface area (Å²) in [6, 6.07) is 13.2. The van der Waals surface area contributed by atoms with Gasteiger partial charge in [-0.05, 0) is 42.0 Å². The smallest absolute Gasteiger partial charge is 0.261 e. The van der Waals surface area contributed by atoms with E-state index in [9.17, 15) is 9.18 Å². The van der Waals surface area contributed by atoms with Crippen molar-refractivity contribution in [3.8, 4) is 5.69 Å². The number of amides is 1. The maximum absolute atomic E-state index is 13.1. The molecule has 0 bridgehead atoms. The van der Waals surface area contributed by atoms with Crippen molar-refractivity contribution in [1.29, 1.82) is 0 Å². The number of aromatic nitrogens is 2. The van der Waals surface area contributed by atoms with Crippen LogP contribution in [-0.4, -0.2) is 35.4 Å². The van der Waals surface area contributed by atoms with Crippen molar-refractivity contribution >= 4 is 17.4 Å². The number of ether oxygens (including phenoxy) is 1. The van der Waals surface area contributed by atoms with Crippen LogP contribution in [0, 0.1) is 5.82 Å². The molecule has 3 aromatic rings. The summed E-state index contributed by atoms with van der Waals surface area (Å²) in [7, 11) is 0. The fourth-order valence-corrected chi connectivity index (χ4v) is 3.08. The van der Waals surface area contributed by atoms with Gasteiger partial charge in [0.05, 0.1) is 24.6 Å². The van der Waals surface area contributed by atoms with E-state index in [-0.39, 0.29) is 29.2 Å². The van der Waals surface area contributed by atoms with Crippen molar-refractivity contribution in [1.82, 2.24) is 15.1 Å². The first-order chi connectivity index (χ1) is 13.6. The molecular formula is C20H20FN5O2. The van der Waals surface area contributed by atoms with Gasteiger partial charge in [-0.3, -0.25) is 4.79 Å². The topological polar surface area (TPSA) is 94.2 Å². The number of hydrogen-bond donors (Lipinski definition) is 3. The van der Waals surface area contributed by atoms with Gasteiger partial charge in [0.15, 0.2) is 0 Å². The lowest BCUT2D eigenvalue weighted by Crippen LogP contribution is -2.33. The predicted molar refractivity (Wildman–Crippen MR) is 104 cm³/mol. The van der Waals surface area contributed by atoms with Crippen LogP contribution in [0.25, 0.3) is 5.69 Å². The highest BCUT2D eigenvalue weighted by Crippen LogP contribution is 2.22. The largest absolute Gasteiger partial charge is 0.383 e. The van der Waals surface area contributed by atoms with Crippen molar-refractivity contribution in [2.24, 2.45) is 0 Å². The van der Waals surface area contributed by atoms with Crippen LogP contribution in [0.4, 0.5) is 15.9 Å². The third kappa shape index (κ3) is 3.73. The van der Waals surface area contributed by atoms with Gasteiger partial charge in [0.1, 0.15) is 17.2 Å². The number of carbonyl (C=O) groups excluding carboxylic acids is 1. The molecule has 1 aromatic heterocycles. The molecule has 1 fully saturated rings. The number of nitrogens with two attached hydrogens (primary N) is 1. The molecule has 1 saturated heterocycles. The molecule has 0 saturated carbocycles. The predicted octanol–water partition coefficient (Wildman–Crippen LogP) is 2.51. The maximum Gasteiger partial charge on any atom is 0.261 e. The van der Waals surface area contributed by atoms with Gasteiger partial charge in [0.25, 0.3) is 5.91 Å². The average molecular weight is 381 g/mol. The molecule has 1 amide bonds. The zero-order valence-electron chi connectivity index (χ0n) is 15.1. The molecule has 0 spiro atoms. The first-order valence-corrected chi connectivity index (χ1v) is 8.95. The molecule has 1 aliphatic heterocycles. The lowest BCUT2D eigenvalue weighted by molar-refractivity contribution is 0.0277. The van der Waals surface area contributed by atoms with E-state index in [1.54, 1.807) is 12.1 Å². The number of nitrogens with one attached hydrogen (secondary N) is 2. The fourth-order valence-electron chi connectivity index (χ4n) is 3.08. The number of carbonyl (C=O) groups is 1. The minimum Gasteiger partial charge on any atom is -0.383 e. The van der Waals surface area contributed by atoms with Gasteiger partial charge in [0.2, 0.25) is 0 Å². The quantitative estimate of drug-likeness (QED) is 0.646. The molecule has 0 radical (unpaired) electrons. The summed E-state index contributed by atoms with van der Waals surface area (Å²) in [6.45, 7) is 2.31. The number of benzene rings is 2. The first-order valence-electron chi connectivity index (χ1n) is 8.95. The Morgan fingerprint density at radius 3 is 2.64 bits per heavy atom. The van der Waals surface area contributed by atoms with E-state index in [0.717, 1.165) is 18.7 Å². The molecule has 2 heterocycles. The lowest BCUT2D eigenvalue weighted by atomic mass is 10.1. The van der Waals surface area contributed by atoms with Crippen molar-refractivity contribution in [3.05, 3.63) is 71.7 Å². The minimum atomic E-state index is -0.366. The number of anilines is 2. The normalized spacial score (nSPS) is 16.7. The maximum atomic E-state index is 13.1. The van der Waals surface area contributed by atoms with E-state index in [1.165, 1.54) is 23.0 Å². The fraction of sp³-hybridized carbons (Fsp3) is 0.200. The Hall–Kier alpha value is -3.23. The highest BCUT2D eigenvalue weighted by molar-refractivity contribution is 6.07. The second kappa shape index (κ2) is 7.79. The van der Waals surface area contributed by atoms with Gasteiger partial charge in [-0.2, -0.15) is 5.10 Å². The van der Waals surface area contributed by atoms with E-state index < -0.39 is 0 Å². The van der Waals surface area contributed by atoms with E-state index >= 15 is 0 Å². The van der Waals surface area contributed by atoms with Crippen molar-refractivity contribution in [2.45, 2.75) is 6.10 Å². The second-order valence-electron chi connectivity index (χ2n) is 6.47. The van der Waals surface area contributed by atoms with Gasteiger partial charge in [-0.15, -0.1) is 0 Å². The molecule has 28 heavy (non-hydrogen) atoms. The van der Waals surface area contributed by atoms with Gasteiger partial charge in [0, 0.05) is 18.8 Å². The number of halogens is 1. The number of rotatable bonds is 4. The summed E-state index contributed by atoms with van der Waals surface area (Å²) in [4.78, 5) is 12.6. The summed E-state index contributed by atoms with van der Waals surface area (Å²) in [5.74, 6) is -0.540. The highest BCUT2D eigenvalue weighted by Gasteiger charge is 2.18. The first kappa shape index (κ1) is 18.1. The molecule has 0 aliphatic carbocycles. The van der Waals surface area contributed by atoms with Crippen LogP contribution in [-0.2, 0) is 4.74 Å². The number of hydrogen-bond acceptors (Lipinski definition) is 5. The van der Waals surface area contributed by atoms with E-state index in [2.05, 4.69) is 15.7 Å². The van der Waals surface area contributed by atoms with E-state index in [1.807, 2.05) is 24.3 Å². The van der Waals surface area contributed by atoms with Crippen LogP contribution >= 0.6 is 0 Å². The van der Waals surface area contributed by atoms with Gasteiger partial charge in [-0.25, -0.2) is 9.07 Å². The van der Waals surface area contributed by atoms with E-state index in [4.69, 9.17) is 10.5 Å². The average Bonchev–Trinajstić information content (AvgIpc) is 3.11. The van der Waals surface area contributed by atoms with Crippen LogP contribution in [0.1, 0.15) is 22.0 Å². The van der Waals surface area contributed by atoms with Crippen LogP contribution in [0.15, 0.2) is 54.7 Å². The number of nitrogens with zero attached hydrogens (tertiary/aromatic N) is 2. The van der Waals surface area contributed by atoms with Crippen LogP contribution in [0.2, 0.25) is 0 Å². The van der Waals surface area contributed by atoms with Crippen molar-refractivity contribution in [3.63, 3.8) is 0 Å². The van der Waals surface area contributed by atoms with Gasteiger partial charge in [-0.1, -0.05) is 12.1 Å². The number of nitrogen functional groups attached to an aromatic ring is 1. The third-order valence-corrected chi connectivity index (χ3v) is 4.59. The van der Waals surface area contributed by atoms with Crippen LogP contribution in [0.5, 0.6) is 0 Å². The monoisotopic (exact) mass is 381 g/mol. The standard InChI is InChI=1S/C20H20FN5O2/c21-14-3-7-16(8-4-14)26-19(22)17(11-24-26)20(27)25-15-5-1-13(2-6-15)18-12-23-9-10-28-18/h1-8,11,18,23H,9-10,12,22H2,(H,25,27). The summed E-state index contributed by atoms with van der Waals surface area (Å²) >= 11 is 0. The molecule has 1 atom stereocenters. The zero-order valence-corrected chi connectivity index (χ0v) is 15.1. The molecule has 144 valence electrons. The Morgan fingerprint density at radius 1 is 1.21 bits per heavy atom. The van der Waals surface area contributed by atoms with Crippen LogP contribution < -0.4 is 16.4 Å². The SMILES string of the molecule is Nc1c(C(=O)Nc2ccc(C3CNCCO3)cc2)cnn1-c1ccc(F)cc1. The molecular weight excluding hydrogens is 361 g/mol. The Morgan fingerprint density at radius 2 is 1.96 bits per heavy atom. The van der Waals surface area contributed by atoms with Crippen molar-refractivity contribution in [2.75, 3.05) is 30.7 Å².